The van der Waals surface area contributed by atoms with E-state index in [1.807, 2.05) is 56.3 Å². The Morgan fingerprint density at radius 2 is 1.65 bits per heavy atom. The fraction of sp³-hybridized carbons (Fsp3) is 0.528. The number of hydrogen-bond acceptors (Lipinski definition) is 8. The molecule has 6 N–H and O–H groups in total. The van der Waals surface area contributed by atoms with Crippen molar-refractivity contribution in [3.63, 3.8) is 0 Å². The number of benzene rings is 2. The molecule has 13 nitrogen and oxygen atoms in total. The molecule has 4 atom stereocenters. The molecule has 0 spiro atoms. The summed E-state index contributed by atoms with van der Waals surface area (Å²) in [5, 5.41) is 17.5. The Morgan fingerprint density at radius 3 is 2.37 bits per heavy atom. The Hall–Kier alpha value is -4.65. The van der Waals surface area contributed by atoms with E-state index in [-0.39, 0.29) is 49.6 Å². The van der Waals surface area contributed by atoms with Crippen LogP contribution < -0.4 is 41.4 Å². The second kappa shape index (κ2) is 18.8. The van der Waals surface area contributed by atoms with Crippen LogP contribution in [-0.4, -0.2) is 87.1 Å². The molecule has 13 heteroatoms. The largest absolute Gasteiger partial charge is 0.493 e. The van der Waals surface area contributed by atoms with Crippen LogP contribution in [0.2, 0.25) is 0 Å². The number of ether oxygens (including phenoxy) is 2. The van der Waals surface area contributed by atoms with Gasteiger partial charge in [-0.25, -0.2) is 0 Å². The molecule has 2 aliphatic heterocycles. The quantitative estimate of drug-likeness (QED) is 0.264. The molecule has 4 rings (SSSR count). The van der Waals surface area contributed by atoms with Gasteiger partial charge < -0.3 is 41.4 Å². The van der Waals surface area contributed by atoms with Gasteiger partial charge in [0, 0.05) is 19.5 Å². The van der Waals surface area contributed by atoms with E-state index in [0.29, 0.717) is 50.3 Å². The fourth-order valence-electron chi connectivity index (χ4n) is 5.90. The molecule has 0 aromatic heterocycles. The number of methoxy groups -OCH3 is 1. The maximum absolute atomic E-state index is 13.8. The van der Waals surface area contributed by atoms with Crippen molar-refractivity contribution in [1.29, 1.82) is 0 Å². The third-order valence-corrected chi connectivity index (χ3v) is 8.69. The van der Waals surface area contributed by atoms with Gasteiger partial charge in [0.15, 0.2) is 18.1 Å². The van der Waals surface area contributed by atoms with E-state index in [1.54, 1.807) is 6.07 Å². The number of rotatable bonds is 6. The van der Waals surface area contributed by atoms with Crippen molar-refractivity contribution in [1.82, 2.24) is 31.9 Å². The zero-order valence-corrected chi connectivity index (χ0v) is 28.6. The molecule has 1 fully saturated rings. The van der Waals surface area contributed by atoms with Crippen molar-refractivity contribution in [2.24, 2.45) is 5.92 Å². The molecular formula is C36H50N6O7. The van der Waals surface area contributed by atoms with Gasteiger partial charge in [0.2, 0.25) is 23.6 Å². The van der Waals surface area contributed by atoms with Crippen LogP contribution in [0.4, 0.5) is 0 Å². The highest BCUT2D eigenvalue weighted by atomic mass is 16.5. The lowest BCUT2D eigenvalue weighted by molar-refractivity contribution is -0.134. The minimum absolute atomic E-state index is 0.176. The van der Waals surface area contributed by atoms with Gasteiger partial charge in [-0.05, 0) is 74.2 Å². The molecule has 1 saturated heterocycles. The second-order valence-electron chi connectivity index (χ2n) is 12.9. The smallest absolute Gasteiger partial charge is 0.257 e. The number of hydrogen-bond donors (Lipinski definition) is 6. The van der Waals surface area contributed by atoms with Gasteiger partial charge in [-0.2, -0.15) is 0 Å². The highest BCUT2D eigenvalue weighted by molar-refractivity contribution is 5.95. The number of carbonyl (C=O) groups excluding carboxylic acids is 5. The van der Waals surface area contributed by atoms with E-state index in [9.17, 15) is 24.0 Å². The summed E-state index contributed by atoms with van der Waals surface area (Å²) in [4.78, 5) is 66.7. The van der Waals surface area contributed by atoms with Crippen molar-refractivity contribution >= 4 is 29.5 Å². The van der Waals surface area contributed by atoms with Gasteiger partial charge >= 0.3 is 0 Å². The molecule has 2 aliphatic rings. The molecule has 2 bridgehead atoms. The van der Waals surface area contributed by atoms with E-state index < -0.39 is 36.0 Å². The van der Waals surface area contributed by atoms with Crippen molar-refractivity contribution in [3.05, 3.63) is 59.7 Å². The minimum Gasteiger partial charge on any atom is -0.493 e. The summed E-state index contributed by atoms with van der Waals surface area (Å²) in [5.41, 5.74) is 1.76. The second-order valence-corrected chi connectivity index (χ2v) is 12.9. The lowest BCUT2D eigenvalue weighted by Crippen LogP contribution is -2.59. The van der Waals surface area contributed by atoms with Gasteiger partial charge in [0.1, 0.15) is 18.1 Å². The Balaban J connectivity index is 1.57. The first-order chi connectivity index (χ1) is 23.6. The number of fused-ring (bicyclic) bond motifs is 2. The van der Waals surface area contributed by atoms with E-state index in [4.69, 9.17) is 9.47 Å². The van der Waals surface area contributed by atoms with Gasteiger partial charge in [0.05, 0.1) is 13.2 Å². The molecule has 2 heterocycles. The molecule has 266 valence electrons. The Kier molecular flexibility index (Phi) is 14.2. The Labute approximate surface area is 288 Å². The van der Waals surface area contributed by atoms with Crippen LogP contribution in [-0.2, 0) is 36.8 Å². The summed E-state index contributed by atoms with van der Waals surface area (Å²) in [6, 6.07) is 11.5. The normalized spacial score (nSPS) is 23.4. The number of carbonyl (C=O) groups is 5. The van der Waals surface area contributed by atoms with E-state index in [1.165, 1.54) is 7.11 Å². The van der Waals surface area contributed by atoms with Crippen molar-refractivity contribution in [2.45, 2.75) is 83.0 Å². The van der Waals surface area contributed by atoms with Crippen molar-refractivity contribution in [3.8, 4) is 11.5 Å². The molecular weight excluding hydrogens is 628 g/mol. The van der Waals surface area contributed by atoms with Crippen LogP contribution >= 0.6 is 0 Å². The minimum atomic E-state index is -1.02. The van der Waals surface area contributed by atoms with Gasteiger partial charge in [-0.15, -0.1) is 0 Å². The van der Waals surface area contributed by atoms with Crippen LogP contribution in [0.5, 0.6) is 11.5 Å². The first-order valence-corrected chi connectivity index (χ1v) is 17.2. The third kappa shape index (κ3) is 11.5. The lowest BCUT2D eigenvalue weighted by Gasteiger charge is -2.27. The number of amides is 5. The monoisotopic (exact) mass is 678 g/mol. The molecule has 49 heavy (non-hydrogen) atoms. The first-order valence-electron chi connectivity index (χ1n) is 17.2. The average Bonchev–Trinajstić information content (AvgIpc) is 3.64. The van der Waals surface area contributed by atoms with Gasteiger partial charge in [0.25, 0.3) is 5.91 Å². The third-order valence-electron chi connectivity index (χ3n) is 8.69. The molecule has 0 saturated carbocycles. The van der Waals surface area contributed by atoms with Crippen LogP contribution in [0, 0.1) is 5.92 Å². The summed E-state index contributed by atoms with van der Waals surface area (Å²) >= 11 is 0. The van der Waals surface area contributed by atoms with E-state index in [0.717, 1.165) is 17.5 Å². The SMILES string of the molecule is COc1ccc2cc1OCC(=O)NCCC[C@H](NC(=O)[C@@H]1CCCN1)C(=O)N[C@@H](Cc1ccccc1)C(=O)N[C@H](C(C)C)C(=O)NCCC2. The summed E-state index contributed by atoms with van der Waals surface area (Å²) in [6.45, 7) is 4.77. The Bertz CT molecular complexity index is 1430. The van der Waals surface area contributed by atoms with E-state index >= 15 is 0 Å². The summed E-state index contributed by atoms with van der Waals surface area (Å²) in [6.07, 6.45) is 3.50. The Morgan fingerprint density at radius 1 is 0.898 bits per heavy atom. The predicted molar refractivity (Wildman–Crippen MR) is 184 cm³/mol. The first kappa shape index (κ1) is 37.2. The zero-order valence-electron chi connectivity index (χ0n) is 28.6. The molecule has 0 unspecified atom stereocenters. The van der Waals surface area contributed by atoms with Crippen molar-refractivity contribution < 1.29 is 33.4 Å². The average molecular weight is 679 g/mol. The van der Waals surface area contributed by atoms with Crippen LogP contribution in [0.25, 0.3) is 0 Å². The van der Waals surface area contributed by atoms with Crippen molar-refractivity contribution in [2.75, 3.05) is 33.4 Å². The highest BCUT2D eigenvalue weighted by Gasteiger charge is 2.32. The summed E-state index contributed by atoms with van der Waals surface area (Å²) < 4.78 is 11.2. The van der Waals surface area contributed by atoms with Crippen LogP contribution in [0.1, 0.15) is 57.1 Å². The molecule has 2 aromatic carbocycles. The van der Waals surface area contributed by atoms with Crippen LogP contribution in [0.3, 0.4) is 0 Å². The topological polar surface area (TPSA) is 176 Å². The maximum atomic E-state index is 13.8. The standard InChI is InChI=1S/C36H50N6O7/c1-23(2)32-36(47)39-19-7-12-25-15-16-29(48-3)30(21-25)49-22-31(43)38-18-9-14-27(40-33(44)26-13-8-17-37-26)34(45)41-28(35(46)42-32)20-24-10-5-4-6-11-24/h4-6,10-11,15-16,21,23,26-28,32,37H,7-9,12-14,17-20,22H2,1-3H3,(H,38,43)(H,39,47)(H,40,44)(H,41,45)(H,42,46)/t26-,27-,28-,32+/m0/s1. The fourth-order valence-corrected chi connectivity index (χ4v) is 5.90. The van der Waals surface area contributed by atoms with Crippen LogP contribution in [0.15, 0.2) is 48.5 Å². The van der Waals surface area contributed by atoms with Gasteiger partial charge in [-0.1, -0.05) is 50.2 Å². The molecule has 0 radical (unpaired) electrons. The molecule has 2 aromatic rings. The predicted octanol–water partition coefficient (Wildman–Crippen LogP) is 1.14. The zero-order chi connectivity index (χ0) is 35.2. The number of nitrogens with one attached hydrogen (secondary N) is 6. The number of aryl methyl sites for hydroxylation is 1. The lowest BCUT2D eigenvalue weighted by atomic mass is 10.00. The summed E-state index contributed by atoms with van der Waals surface area (Å²) in [5.74, 6) is -1.33. The van der Waals surface area contributed by atoms with Gasteiger partial charge in [-0.3, -0.25) is 24.0 Å². The highest BCUT2D eigenvalue weighted by Crippen LogP contribution is 2.28. The molecule has 5 amide bonds. The maximum Gasteiger partial charge on any atom is 0.257 e. The van der Waals surface area contributed by atoms with E-state index in [2.05, 4.69) is 31.9 Å². The summed E-state index contributed by atoms with van der Waals surface area (Å²) in [7, 11) is 1.52. The molecule has 0 aliphatic carbocycles.